The zero-order valence-electron chi connectivity index (χ0n) is 19.5. The Labute approximate surface area is 201 Å². The molecule has 9 nitrogen and oxygen atoms in total. The van der Waals surface area contributed by atoms with Crippen molar-refractivity contribution in [2.75, 3.05) is 6.54 Å². The molecule has 0 spiro atoms. The number of aromatic nitrogens is 6. The van der Waals surface area contributed by atoms with E-state index in [9.17, 15) is 9.59 Å². The lowest BCUT2D eigenvalue weighted by Crippen LogP contribution is -2.33. The topological polar surface area (TPSA) is 99.6 Å². The number of amides is 1. The maximum Gasteiger partial charge on any atom is 0.297 e. The van der Waals surface area contributed by atoms with Gasteiger partial charge in [0.05, 0.1) is 16.6 Å². The van der Waals surface area contributed by atoms with Crippen LogP contribution in [0.2, 0.25) is 0 Å². The molecule has 0 aliphatic heterocycles. The highest BCUT2D eigenvalue weighted by Gasteiger charge is 2.25. The van der Waals surface area contributed by atoms with E-state index in [0.717, 1.165) is 5.69 Å². The van der Waals surface area contributed by atoms with Crippen LogP contribution in [0.4, 0.5) is 0 Å². The quantitative estimate of drug-likeness (QED) is 0.392. The Kier molecular flexibility index (Phi) is 6.97. The van der Waals surface area contributed by atoms with E-state index in [-0.39, 0.29) is 17.4 Å². The summed E-state index contributed by atoms with van der Waals surface area (Å²) in [6.07, 6.45) is 0. The van der Waals surface area contributed by atoms with Crippen LogP contribution in [0, 0.1) is 6.92 Å². The first-order valence-corrected chi connectivity index (χ1v) is 11.9. The van der Waals surface area contributed by atoms with E-state index in [4.69, 9.17) is 0 Å². The van der Waals surface area contributed by atoms with Gasteiger partial charge >= 0.3 is 0 Å². The second-order valence-electron chi connectivity index (χ2n) is 8.10. The minimum atomic E-state index is -0.451. The highest BCUT2D eigenvalue weighted by Crippen LogP contribution is 2.24. The van der Waals surface area contributed by atoms with Crippen LogP contribution >= 0.6 is 11.8 Å². The molecule has 2 unspecified atom stereocenters. The molecule has 0 aliphatic carbocycles. The van der Waals surface area contributed by atoms with Gasteiger partial charge in [-0.15, -0.1) is 5.10 Å². The van der Waals surface area contributed by atoms with Gasteiger partial charge in [-0.2, -0.15) is 4.68 Å². The van der Waals surface area contributed by atoms with E-state index >= 15 is 0 Å². The van der Waals surface area contributed by atoms with Crippen molar-refractivity contribution >= 4 is 17.7 Å². The molecule has 0 aliphatic rings. The van der Waals surface area contributed by atoms with Crippen LogP contribution in [-0.2, 0) is 11.8 Å². The molecule has 34 heavy (non-hydrogen) atoms. The number of nitrogens with zero attached hydrogens (tertiary/aromatic N) is 6. The number of rotatable bonds is 8. The van der Waals surface area contributed by atoms with E-state index in [1.165, 1.54) is 22.0 Å². The molecule has 1 N–H and O–H groups in total. The molecule has 0 saturated carbocycles. The molecule has 2 atom stereocenters. The molecule has 2 aromatic heterocycles. The maximum atomic E-state index is 13.3. The van der Waals surface area contributed by atoms with E-state index < -0.39 is 5.25 Å². The molecule has 2 aromatic carbocycles. The first kappa shape index (κ1) is 23.5. The summed E-state index contributed by atoms with van der Waals surface area (Å²) in [4.78, 5) is 26.1. The minimum Gasteiger partial charge on any atom is -0.355 e. The number of nitrogens with one attached hydrogen (secondary N) is 1. The highest BCUT2D eigenvalue weighted by molar-refractivity contribution is 8.00. The molecule has 0 radical (unpaired) electrons. The predicted molar refractivity (Wildman–Crippen MR) is 132 cm³/mol. The lowest BCUT2D eigenvalue weighted by atomic mass is 10.0. The Morgan fingerprint density at radius 3 is 2.38 bits per heavy atom. The summed E-state index contributed by atoms with van der Waals surface area (Å²) in [5, 5.41) is 14.8. The molecule has 4 aromatic rings. The van der Waals surface area contributed by atoms with Crippen molar-refractivity contribution in [2.45, 2.75) is 37.1 Å². The van der Waals surface area contributed by atoms with Gasteiger partial charge in [0.2, 0.25) is 11.1 Å². The third kappa shape index (κ3) is 4.67. The van der Waals surface area contributed by atoms with Gasteiger partial charge in [0.1, 0.15) is 0 Å². The van der Waals surface area contributed by atoms with Gasteiger partial charge < -0.3 is 5.32 Å². The first-order valence-electron chi connectivity index (χ1n) is 11.0. The minimum absolute atomic E-state index is 0.117. The highest BCUT2D eigenvalue weighted by atomic mass is 32.2. The second kappa shape index (κ2) is 10.1. The fraction of sp³-hybridized carbons (Fsp3) is 0.292. The summed E-state index contributed by atoms with van der Waals surface area (Å²) in [5.74, 6) is 0.0740. The van der Waals surface area contributed by atoms with Gasteiger partial charge in [-0.25, -0.2) is 4.68 Å². The fourth-order valence-corrected chi connectivity index (χ4v) is 4.52. The standard InChI is InChI=1S/C24H27N7O2S/c1-16(19-11-7-5-8-12-19)15-25-22(32)18(3)34-24-26-27-28-30(24)21-17(2)29(4)31(23(21)33)20-13-9-6-10-14-20/h5-14,16,18H,15H2,1-4H3,(H,25,32). The molecule has 0 saturated heterocycles. The van der Waals surface area contributed by atoms with Crippen LogP contribution in [0.5, 0.6) is 0 Å². The van der Waals surface area contributed by atoms with Crippen molar-refractivity contribution in [2.24, 2.45) is 7.05 Å². The van der Waals surface area contributed by atoms with Gasteiger partial charge in [0.15, 0.2) is 5.69 Å². The summed E-state index contributed by atoms with van der Waals surface area (Å²) in [6.45, 7) is 6.24. The van der Waals surface area contributed by atoms with Crippen molar-refractivity contribution in [1.82, 2.24) is 34.9 Å². The third-order valence-corrected chi connectivity index (χ3v) is 6.81. The lowest BCUT2D eigenvalue weighted by molar-refractivity contribution is -0.120. The summed E-state index contributed by atoms with van der Waals surface area (Å²) in [6, 6.07) is 19.4. The SMILES string of the molecule is Cc1c(-n2nnnc2SC(C)C(=O)NCC(C)c2ccccc2)c(=O)n(-c2ccccc2)n1C. The Morgan fingerprint density at radius 1 is 1.06 bits per heavy atom. The monoisotopic (exact) mass is 477 g/mol. The van der Waals surface area contributed by atoms with Crippen molar-refractivity contribution in [3.8, 4) is 11.4 Å². The smallest absolute Gasteiger partial charge is 0.297 e. The van der Waals surface area contributed by atoms with E-state index in [2.05, 4.69) is 27.8 Å². The van der Waals surface area contributed by atoms with Crippen LogP contribution < -0.4 is 10.9 Å². The van der Waals surface area contributed by atoms with Crippen molar-refractivity contribution < 1.29 is 4.79 Å². The number of para-hydroxylation sites is 1. The van der Waals surface area contributed by atoms with Gasteiger partial charge in [-0.3, -0.25) is 14.3 Å². The number of carbonyl (C=O) groups is 1. The molecular formula is C24H27N7O2S. The summed E-state index contributed by atoms with van der Waals surface area (Å²) >= 11 is 1.21. The molecule has 2 heterocycles. The number of benzene rings is 2. The molecule has 10 heteroatoms. The number of hydrogen-bond donors (Lipinski definition) is 1. The Balaban J connectivity index is 1.51. The molecule has 0 fully saturated rings. The summed E-state index contributed by atoms with van der Waals surface area (Å²) in [7, 11) is 1.81. The van der Waals surface area contributed by atoms with E-state index in [0.29, 0.717) is 23.1 Å². The van der Waals surface area contributed by atoms with Crippen molar-refractivity contribution in [3.63, 3.8) is 0 Å². The zero-order valence-corrected chi connectivity index (χ0v) is 20.4. The molecule has 176 valence electrons. The Bertz CT molecular complexity index is 1330. The van der Waals surface area contributed by atoms with Gasteiger partial charge in [-0.05, 0) is 47.9 Å². The number of hydrogen-bond acceptors (Lipinski definition) is 6. The van der Waals surface area contributed by atoms with Crippen LogP contribution in [0.1, 0.15) is 31.0 Å². The lowest BCUT2D eigenvalue weighted by Gasteiger charge is -2.15. The van der Waals surface area contributed by atoms with Crippen LogP contribution in [0.25, 0.3) is 11.4 Å². The van der Waals surface area contributed by atoms with E-state index in [1.807, 2.05) is 74.6 Å². The van der Waals surface area contributed by atoms with Crippen molar-refractivity contribution in [3.05, 3.63) is 82.3 Å². The fourth-order valence-electron chi connectivity index (χ4n) is 3.70. The van der Waals surface area contributed by atoms with Gasteiger partial charge in [0, 0.05) is 13.6 Å². The summed E-state index contributed by atoms with van der Waals surface area (Å²) < 4.78 is 4.75. The Morgan fingerprint density at radius 2 is 1.71 bits per heavy atom. The number of tetrazole rings is 1. The average molecular weight is 478 g/mol. The largest absolute Gasteiger partial charge is 0.355 e. The maximum absolute atomic E-state index is 13.3. The number of carbonyl (C=O) groups excluding carboxylic acids is 1. The van der Waals surface area contributed by atoms with E-state index in [1.54, 1.807) is 16.3 Å². The Hall–Kier alpha value is -3.66. The summed E-state index contributed by atoms with van der Waals surface area (Å²) in [5.41, 5.74) is 2.73. The van der Waals surface area contributed by atoms with Gasteiger partial charge in [-0.1, -0.05) is 67.2 Å². The van der Waals surface area contributed by atoms with Crippen LogP contribution in [0.15, 0.2) is 70.6 Å². The normalized spacial score (nSPS) is 12.9. The second-order valence-corrected chi connectivity index (χ2v) is 9.41. The average Bonchev–Trinajstić information content (AvgIpc) is 3.39. The zero-order chi connectivity index (χ0) is 24.2. The van der Waals surface area contributed by atoms with Gasteiger partial charge in [0.25, 0.3) is 5.56 Å². The predicted octanol–water partition coefficient (Wildman–Crippen LogP) is 2.86. The molecular weight excluding hydrogens is 450 g/mol. The van der Waals surface area contributed by atoms with Crippen molar-refractivity contribution in [1.29, 1.82) is 0 Å². The van der Waals surface area contributed by atoms with Crippen LogP contribution in [-0.4, -0.2) is 47.3 Å². The van der Waals surface area contributed by atoms with Crippen LogP contribution in [0.3, 0.4) is 0 Å². The molecule has 0 bridgehead atoms. The number of thioether (sulfide) groups is 1. The molecule has 4 rings (SSSR count). The third-order valence-electron chi connectivity index (χ3n) is 5.78. The molecule has 1 amide bonds. The first-order chi connectivity index (χ1) is 16.4.